The molecule has 2 unspecified atom stereocenters. The number of fused-ring (bicyclic) bond motifs is 1. The van der Waals surface area contributed by atoms with Crippen LogP contribution in [-0.2, 0) is 0 Å². The second kappa shape index (κ2) is 6.36. The maximum Gasteiger partial charge on any atom is 0.120 e. The molecule has 4 heteroatoms. The Morgan fingerprint density at radius 2 is 2.00 bits per heavy atom. The van der Waals surface area contributed by atoms with E-state index < -0.39 is 6.17 Å². The predicted molar refractivity (Wildman–Crippen MR) is 95.9 cm³/mol. The summed E-state index contributed by atoms with van der Waals surface area (Å²) in [4.78, 5) is 2.19. The Balaban J connectivity index is 1.80. The SMILES string of the molecule is CCN1CCC(c2cccc3[nH]nc(-c4ccccc4)c23)C(F)C1. The minimum absolute atomic E-state index is 0.0587. The van der Waals surface area contributed by atoms with Gasteiger partial charge in [-0.05, 0) is 31.1 Å². The van der Waals surface area contributed by atoms with Crippen LogP contribution in [0.4, 0.5) is 4.39 Å². The number of nitrogens with one attached hydrogen (secondary N) is 1. The molecule has 1 N–H and O–H groups in total. The average molecular weight is 323 g/mol. The molecule has 0 spiro atoms. The lowest BCUT2D eigenvalue weighted by molar-refractivity contribution is 0.123. The number of benzene rings is 2. The van der Waals surface area contributed by atoms with Crippen molar-refractivity contribution in [1.82, 2.24) is 15.1 Å². The quantitative estimate of drug-likeness (QED) is 0.776. The third-order valence-corrected chi connectivity index (χ3v) is 5.14. The van der Waals surface area contributed by atoms with Gasteiger partial charge in [0.05, 0.1) is 5.52 Å². The van der Waals surface area contributed by atoms with E-state index in [-0.39, 0.29) is 5.92 Å². The van der Waals surface area contributed by atoms with Gasteiger partial charge in [0, 0.05) is 23.4 Å². The zero-order valence-corrected chi connectivity index (χ0v) is 13.9. The third kappa shape index (κ3) is 2.61. The average Bonchev–Trinajstić information content (AvgIpc) is 3.07. The lowest BCUT2D eigenvalue weighted by Gasteiger charge is -2.34. The first-order valence-electron chi connectivity index (χ1n) is 8.66. The van der Waals surface area contributed by atoms with Gasteiger partial charge in [-0.2, -0.15) is 5.10 Å². The molecule has 0 radical (unpaired) electrons. The van der Waals surface area contributed by atoms with E-state index in [2.05, 4.69) is 40.2 Å². The van der Waals surface area contributed by atoms with Crippen LogP contribution in [0.2, 0.25) is 0 Å². The van der Waals surface area contributed by atoms with Crippen LogP contribution in [0.25, 0.3) is 22.2 Å². The molecule has 2 atom stereocenters. The van der Waals surface area contributed by atoms with E-state index in [1.165, 1.54) is 0 Å². The summed E-state index contributed by atoms with van der Waals surface area (Å²) >= 11 is 0. The zero-order valence-electron chi connectivity index (χ0n) is 13.9. The van der Waals surface area contributed by atoms with Crippen LogP contribution in [-0.4, -0.2) is 40.9 Å². The van der Waals surface area contributed by atoms with Gasteiger partial charge in [-0.3, -0.25) is 5.10 Å². The highest BCUT2D eigenvalue weighted by Crippen LogP contribution is 2.38. The first kappa shape index (κ1) is 15.3. The molecular formula is C20H22FN3. The van der Waals surface area contributed by atoms with Crippen molar-refractivity contribution in [2.75, 3.05) is 19.6 Å². The highest BCUT2D eigenvalue weighted by molar-refractivity contribution is 5.95. The molecular weight excluding hydrogens is 301 g/mol. The molecule has 1 fully saturated rings. The summed E-state index contributed by atoms with van der Waals surface area (Å²) in [6, 6.07) is 16.2. The number of piperidine rings is 1. The Morgan fingerprint density at radius 1 is 1.17 bits per heavy atom. The monoisotopic (exact) mass is 323 g/mol. The molecule has 0 aliphatic carbocycles. The van der Waals surface area contributed by atoms with Crippen molar-refractivity contribution in [3.05, 3.63) is 54.1 Å². The number of nitrogens with zero attached hydrogens (tertiary/aromatic N) is 2. The Kier molecular flexibility index (Phi) is 4.07. The number of H-pyrrole nitrogens is 1. The van der Waals surface area contributed by atoms with E-state index in [9.17, 15) is 4.39 Å². The fourth-order valence-electron chi connectivity index (χ4n) is 3.82. The Hall–Kier alpha value is -2.20. The molecule has 124 valence electrons. The third-order valence-electron chi connectivity index (χ3n) is 5.14. The molecule has 3 aromatic rings. The maximum absolute atomic E-state index is 14.9. The van der Waals surface area contributed by atoms with Crippen LogP contribution in [0.3, 0.4) is 0 Å². The maximum atomic E-state index is 14.9. The van der Waals surface area contributed by atoms with Crippen molar-refractivity contribution in [2.24, 2.45) is 0 Å². The van der Waals surface area contributed by atoms with Crippen molar-refractivity contribution in [1.29, 1.82) is 0 Å². The first-order valence-corrected chi connectivity index (χ1v) is 8.66. The minimum atomic E-state index is -0.831. The summed E-state index contributed by atoms with van der Waals surface area (Å²) in [5, 5.41) is 8.71. The number of hydrogen-bond donors (Lipinski definition) is 1. The first-order chi connectivity index (χ1) is 11.8. The van der Waals surface area contributed by atoms with Gasteiger partial charge < -0.3 is 4.90 Å². The molecule has 2 aromatic carbocycles. The van der Waals surface area contributed by atoms with Gasteiger partial charge in [0.1, 0.15) is 11.9 Å². The number of alkyl halides is 1. The van der Waals surface area contributed by atoms with E-state index in [1.54, 1.807) is 0 Å². The largest absolute Gasteiger partial charge is 0.301 e. The number of likely N-dealkylation sites (tertiary alicyclic amines) is 1. The Bertz CT molecular complexity index is 827. The van der Waals surface area contributed by atoms with E-state index in [0.29, 0.717) is 6.54 Å². The predicted octanol–water partition coefficient (Wildman–Crippen LogP) is 4.38. The lowest BCUT2D eigenvalue weighted by atomic mass is 9.85. The van der Waals surface area contributed by atoms with E-state index in [4.69, 9.17) is 0 Å². The summed E-state index contributed by atoms with van der Waals surface area (Å²) in [5.74, 6) is -0.0587. The minimum Gasteiger partial charge on any atom is -0.301 e. The summed E-state index contributed by atoms with van der Waals surface area (Å²) in [5.41, 5.74) is 4.06. The van der Waals surface area contributed by atoms with Gasteiger partial charge in [0.25, 0.3) is 0 Å². The molecule has 3 nitrogen and oxygen atoms in total. The van der Waals surface area contributed by atoms with Crippen LogP contribution < -0.4 is 0 Å². The topological polar surface area (TPSA) is 31.9 Å². The number of aromatic nitrogens is 2. The molecule has 4 rings (SSSR count). The van der Waals surface area contributed by atoms with Gasteiger partial charge in [0.2, 0.25) is 0 Å². The number of halogens is 1. The normalized spacial score (nSPS) is 22.1. The lowest BCUT2D eigenvalue weighted by Crippen LogP contribution is -2.40. The molecule has 1 aliphatic rings. The van der Waals surface area contributed by atoms with Gasteiger partial charge in [-0.25, -0.2) is 4.39 Å². The van der Waals surface area contributed by atoms with Crippen molar-refractivity contribution in [3.63, 3.8) is 0 Å². The molecule has 24 heavy (non-hydrogen) atoms. The van der Waals surface area contributed by atoms with Crippen LogP contribution in [0.5, 0.6) is 0 Å². The summed E-state index contributed by atoms with van der Waals surface area (Å²) in [6.45, 7) is 4.49. The van der Waals surface area contributed by atoms with Gasteiger partial charge in [0.15, 0.2) is 0 Å². The van der Waals surface area contributed by atoms with Crippen molar-refractivity contribution in [2.45, 2.75) is 25.4 Å². The molecule has 1 aliphatic heterocycles. The van der Waals surface area contributed by atoms with Gasteiger partial charge in [-0.1, -0.05) is 49.4 Å². The highest BCUT2D eigenvalue weighted by atomic mass is 19.1. The van der Waals surface area contributed by atoms with Crippen LogP contribution >= 0.6 is 0 Å². The molecule has 1 aromatic heterocycles. The van der Waals surface area contributed by atoms with Crippen LogP contribution in [0.1, 0.15) is 24.8 Å². The molecule has 2 heterocycles. The fourth-order valence-corrected chi connectivity index (χ4v) is 3.82. The number of hydrogen-bond acceptors (Lipinski definition) is 2. The number of aromatic amines is 1. The van der Waals surface area contributed by atoms with Crippen molar-refractivity contribution >= 4 is 10.9 Å². The summed E-state index contributed by atoms with van der Waals surface area (Å²) < 4.78 is 14.9. The van der Waals surface area contributed by atoms with Gasteiger partial charge >= 0.3 is 0 Å². The second-order valence-electron chi connectivity index (χ2n) is 6.51. The smallest absolute Gasteiger partial charge is 0.120 e. The fraction of sp³-hybridized carbons (Fsp3) is 0.350. The second-order valence-corrected chi connectivity index (χ2v) is 6.51. The molecule has 0 bridgehead atoms. The summed E-state index contributed by atoms with van der Waals surface area (Å²) in [7, 11) is 0. The Morgan fingerprint density at radius 3 is 2.75 bits per heavy atom. The summed E-state index contributed by atoms with van der Waals surface area (Å²) in [6.07, 6.45) is 0.0240. The number of rotatable bonds is 3. The Labute approximate surface area is 141 Å². The molecule has 0 amide bonds. The standard InChI is InChI=1S/C20H22FN3/c1-2-24-12-11-15(17(21)13-24)16-9-6-10-18-19(16)20(23-22-18)14-7-4-3-5-8-14/h3-10,15,17H,2,11-13H2,1H3,(H,22,23). The van der Waals surface area contributed by atoms with Crippen molar-refractivity contribution < 1.29 is 4.39 Å². The van der Waals surface area contributed by atoms with Crippen molar-refractivity contribution in [3.8, 4) is 11.3 Å². The zero-order chi connectivity index (χ0) is 16.5. The van der Waals surface area contributed by atoms with E-state index in [1.807, 2.05) is 30.3 Å². The highest BCUT2D eigenvalue weighted by Gasteiger charge is 2.31. The van der Waals surface area contributed by atoms with Crippen LogP contribution in [0.15, 0.2) is 48.5 Å². The van der Waals surface area contributed by atoms with Gasteiger partial charge in [-0.15, -0.1) is 0 Å². The molecule has 0 saturated carbocycles. The van der Waals surface area contributed by atoms with E-state index >= 15 is 0 Å². The van der Waals surface area contributed by atoms with Crippen LogP contribution in [0, 0.1) is 0 Å². The van der Waals surface area contributed by atoms with E-state index in [0.717, 1.165) is 47.2 Å². The molecule has 1 saturated heterocycles.